The second kappa shape index (κ2) is 5.92. The van der Waals surface area contributed by atoms with Crippen molar-refractivity contribution in [1.29, 1.82) is 0 Å². The van der Waals surface area contributed by atoms with Crippen molar-refractivity contribution in [3.05, 3.63) is 18.0 Å². The van der Waals surface area contributed by atoms with Crippen LogP contribution in [0.1, 0.15) is 63.0 Å². The maximum absolute atomic E-state index is 10.9. The molecule has 25 heavy (non-hydrogen) atoms. The Kier molecular flexibility index (Phi) is 3.79. The van der Waals surface area contributed by atoms with Crippen LogP contribution < -0.4 is 4.90 Å². The molecule has 6 rings (SSSR count). The fourth-order valence-electron chi connectivity index (χ4n) is 6.39. The van der Waals surface area contributed by atoms with Crippen molar-refractivity contribution in [2.45, 2.75) is 68.9 Å². The minimum absolute atomic E-state index is 0.126. The van der Waals surface area contributed by atoms with Gasteiger partial charge in [0.2, 0.25) is 5.95 Å². The minimum atomic E-state index is -0.424. The highest BCUT2D eigenvalue weighted by molar-refractivity contribution is 5.35. The molecule has 1 aromatic rings. The molecule has 5 saturated carbocycles. The fourth-order valence-corrected chi connectivity index (χ4v) is 6.39. The third kappa shape index (κ3) is 2.67. The topological polar surface area (TPSA) is 69.5 Å². The first-order valence-corrected chi connectivity index (χ1v) is 10.1. The lowest BCUT2D eigenvalue weighted by atomic mass is 9.52. The van der Waals surface area contributed by atoms with Crippen LogP contribution in [0.25, 0.3) is 0 Å². The molecule has 1 heterocycles. The van der Waals surface area contributed by atoms with Gasteiger partial charge in [-0.15, -0.1) is 0 Å². The van der Waals surface area contributed by atoms with Crippen LogP contribution in [0.5, 0.6) is 0 Å². The predicted octanol–water partition coefficient (Wildman–Crippen LogP) is 2.48. The van der Waals surface area contributed by atoms with Crippen molar-refractivity contribution < 1.29 is 10.2 Å². The molecule has 0 amide bonds. The van der Waals surface area contributed by atoms with Gasteiger partial charge in [-0.25, -0.2) is 9.97 Å². The Labute approximate surface area is 149 Å². The molecule has 5 nitrogen and oxygen atoms in total. The summed E-state index contributed by atoms with van der Waals surface area (Å²) in [6, 6.07) is 2.44. The number of nitrogens with zero attached hydrogens (tertiary/aromatic N) is 3. The molecule has 0 saturated heterocycles. The summed E-state index contributed by atoms with van der Waals surface area (Å²) < 4.78 is 0. The van der Waals surface area contributed by atoms with Crippen molar-refractivity contribution in [3.8, 4) is 0 Å². The third-order valence-electron chi connectivity index (χ3n) is 7.34. The lowest BCUT2D eigenvalue weighted by Gasteiger charge is -2.60. The van der Waals surface area contributed by atoms with Gasteiger partial charge >= 0.3 is 0 Å². The molecule has 5 aliphatic carbocycles. The van der Waals surface area contributed by atoms with E-state index in [2.05, 4.69) is 16.0 Å². The first-order chi connectivity index (χ1) is 12.1. The Morgan fingerprint density at radius 2 is 1.92 bits per heavy atom. The molecular weight excluding hydrogens is 314 g/mol. The number of hydrogen-bond donors (Lipinski definition) is 2. The summed E-state index contributed by atoms with van der Waals surface area (Å²) in [5.74, 6) is 3.11. The van der Waals surface area contributed by atoms with E-state index >= 15 is 0 Å². The monoisotopic (exact) mass is 343 g/mol. The number of hydrogen-bond acceptors (Lipinski definition) is 5. The normalized spacial score (nSPS) is 39.4. The summed E-state index contributed by atoms with van der Waals surface area (Å²) in [6.07, 6.45) is 10.9. The highest BCUT2D eigenvalue weighted by atomic mass is 16.3. The summed E-state index contributed by atoms with van der Waals surface area (Å²) in [5, 5.41) is 20.6. The predicted molar refractivity (Wildman–Crippen MR) is 95.3 cm³/mol. The molecule has 0 spiro atoms. The van der Waals surface area contributed by atoms with Crippen LogP contribution in [-0.2, 0) is 0 Å². The SMILES string of the molecule is OCCN(c1nccc(C2CCC2)n1)C1C2CC3CC1CC(O)(C3)C2. The van der Waals surface area contributed by atoms with Crippen LogP contribution in [0.2, 0.25) is 0 Å². The molecule has 1 aromatic heterocycles. The van der Waals surface area contributed by atoms with Crippen molar-refractivity contribution in [3.63, 3.8) is 0 Å². The second-order valence-corrected chi connectivity index (χ2v) is 9.01. The average Bonchev–Trinajstić information content (AvgIpc) is 2.50. The van der Waals surface area contributed by atoms with Gasteiger partial charge in [0.05, 0.1) is 12.2 Å². The van der Waals surface area contributed by atoms with Gasteiger partial charge in [-0.2, -0.15) is 0 Å². The van der Waals surface area contributed by atoms with Crippen LogP contribution in [0.15, 0.2) is 12.3 Å². The first kappa shape index (κ1) is 16.0. The quantitative estimate of drug-likeness (QED) is 0.859. The van der Waals surface area contributed by atoms with Crippen LogP contribution in [0, 0.1) is 17.8 Å². The van der Waals surface area contributed by atoms with Gasteiger partial charge in [0.25, 0.3) is 0 Å². The molecule has 0 radical (unpaired) electrons. The van der Waals surface area contributed by atoms with Gasteiger partial charge in [-0.3, -0.25) is 0 Å². The van der Waals surface area contributed by atoms with Crippen LogP contribution >= 0.6 is 0 Å². The molecule has 2 unspecified atom stereocenters. The van der Waals surface area contributed by atoms with E-state index in [1.165, 1.54) is 37.8 Å². The molecule has 5 heteroatoms. The highest BCUT2D eigenvalue weighted by Gasteiger charge is 2.56. The Morgan fingerprint density at radius 1 is 1.16 bits per heavy atom. The number of aliphatic hydroxyl groups is 2. The van der Waals surface area contributed by atoms with Crippen molar-refractivity contribution in [1.82, 2.24) is 9.97 Å². The minimum Gasteiger partial charge on any atom is -0.395 e. The summed E-state index contributed by atoms with van der Waals surface area (Å²) >= 11 is 0. The number of rotatable bonds is 5. The Balaban J connectivity index is 1.45. The number of aliphatic hydroxyl groups excluding tert-OH is 1. The summed E-state index contributed by atoms with van der Waals surface area (Å²) in [5.41, 5.74) is 0.744. The van der Waals surface area contributed by atoms with E-state index < -0.39 is 5.60 Å². The van der Waals surface area contributed by atoms with E-state index in [9.17, 15) is 10.2 Å². The van der Waals surface area contributed by atoms with Crippen molar-refractivity contribution in [2.75, 3.05) is 18.1 Å². The van der Waals surface area contributed by atoms with E-state index in [4.69, 9.17) is 4.98 Å². The number of aromatic nitrogens is 2. The zero-order valence-corrected chi connectivity index (χ0v) is 14.8. The fraction of sp³-hybridized carbons (Fsp3) is 0.800. The molecule has 4 bridgehead atoms. The molecule has 136 valence electrons. The van der Waals surface area contributed by atoms with Gasteiger partial charge in [0.15, 0.2) is 0 Å². The van der Waals surface area contributed by atoms with Gasteiger partial charge in [-0.05, 0) is 68.8 Å². The van der Waals surface area contributed by atoms with Crippen LogP contribution in [0.4, 0.5) is 5.95 Å². The largest absolute Gasteiger partial charge is 0.395 e. The molecule has 0 aromatic carbocycles. The van der Waals surface area contributed by atoms with E-state index in [0.29, 0.717) is 36.3 Å². The molecule has 2 atom stereocenters. The highest BCUT2D eigenvalue weighted by Crippen LogP contribution is 2.57. The van der Waals surface area contributed by atoms with Crippen LogP contribution in [-0.4, -0.2) is 45.0 Å². The maximum Gasteiger partial charge on any atom is 0.225 e. The average molecular weight is 343 g/mol. The van der Waals surface area contributed by atoms with Crippen molar-refractivity contribution >= 4 is 5.95 Å². The molecule has 0 aliphatic heterocycles. The number of anilines is 1. The molecular formula is C20H29N3O2. The van der Waals surface area contributed by atoms with E-state index in [1.54, 1.807) is 0 Å². The standard InChI is InChI=1S/C20H29N3O2/c24-7-6-23(19-21-5-4-17(22-19)14-2-1-3-14)18-15-8-13-9-16(18)12-20(25,10-13)11-15/h4-5,13-16,18,24-25H,1-3,6-12H2. The maximum atomic E-state index is 10.9. The van der Waals surface area contributed by atoms with E-state index in [1.807, 2.05) is 6.20 Å². The van der Waals surface area contributed by atoms with Gasteiger partial charge in [-0.1, -0.05) is 6.42 Å². The lowest BCUT2D eigenvalue weighted by Crippen LogP contribution is -2.62. The van der Waals surface area contributed by atoms with Gasteiger partial charge in [0, 0.05) is 30.4 Å². The van der Waals surface area contributed by atoms with Gasteiger partial charge in [0.1, 0.15) is 0 Å². The first-order valence-electron chi connectivity index (χ1n) is 10.1. The molecule has 2 N–H and O–H groups in total. The zero-order chi connectivity index (χ0) is 17.0. The van der Waals surface area contributed by atoms with Crippen molar-refractivity contribution in [2.24, 2.45) is 17.8 Å². The lowest BCUT2D eigenvalue weighted by molar-refractivity contribution is -0.134. The smallest absolute Gasteiger partial charge is 0.225 e. The third-order valence-corrected chi connectivity index (χ3v) is 7.34. The van der Waals surface area contributed by atoms with E-state index in [-0.39, 0.29) is 6.61 Å². The Bertz CT molecular complexity index is 632. The Morgan fingerprint density at radius 3 is 2.52 bits per heavy atom. The van der Waals surface area contributed by atoms with E-state index in [0.717, 1.165) is 25.2 Å². The molecule has 5 aliphatic rings. The van der Waals surface area contributed by atoms with Crippen LogP contribution in [0.3, 0.4) is 0 Å². The van der Waals surface area contributed by atoms with Gasteiger partial charge < -0.3 is 15.1 Å². The molecule has 5 fully saturated rings. The summed E-state index contributed by atoms with van der Waals surface area (Å²) in [4.78, 5) is 11.8. The summed E-state index contributed by atoms with van der Waals surface area (Å²) in [6.45, 7) is 0.718. The Hall–Kier alpha value is -1.20. The zero-order valence-electron chi connectivity index (χ0n) is 14.8. The summed E-state index contributed by atoms with van der Waals surface area (Å²) in [7, 11) is 0. The second-order valence-electron chi connectivity index (χ2n) is 9.01.